The molecule has 0 atom stereocenters. The normalized spacial score (nSPS) is 16.5. The van der Waals surface area contributed by atoms with Crippen LogP contribution in [0, 0.1) is 18.3 Å². The molecule has 1 aromatic heterocycles. The van der Waals surface area contributed by atoms with Gasteiger partial charge >= 0.3 is 11.8 Å². The van der Waals surface area contributed by atoms with E-state index in [1.54, 1.807) is 0 Å². The summed E-state index contributed by atoms with van der Waals surface area (Å²) in [7, 11) is 0. The molecule has 144 valence electrons. The van der Waals surface area contributed by atoms with E-state index in [4.69, 9.17) is 10.1 Å². The first kappa shape index (κ1) is 19.1. The van der Waals surface area contributed by atoms with Crippen LogP contribution in [0.2, 0.25) is 0 Å². The van der Waals surface area contributed by atoms with Crippen LogP contribution in [0.3, 0.4) is 0 Å². The fourth-order valence-electron chi connectivity index (χ4n) is 3.85. The molecule has 2 heterocycles. The highest BCUT2D eigenvalue weighted by Gasteiger charge is 2.29. The average Bonchev–Trinajstić information content (AvgIpc) is 2.71. The summed E-state index contributed by atoms with van der Waals surface area (Å²) in [6.45, 7) is 3.71. The van der Waals surface area contributed by atoms with E-state index in [1.165, 1.54) is 10.5 Å². The second kappa shape index (κ2) is 8.35. The number of nitrogens with zero attached hydrogens (tertiary/aromatic N) is 4. The highest BCUT2D eigenvalue weighted by atomic mass is 16.3. The van der Waals surface area contributed by atoms with Crippen molar-refractivity contribution in [2.45, 2.75) is 32.6 Å². The number of amides is 2. The van der Waals surface area contributed by atoms with Crippen LogP contribution in [0.4, 0.5) is 5.82 Å². The van der Waals surface area contributed by atoms with Crippen molar-refractivity contribution in [3.8, 4) is 6.07 Å². The minimum atomic E-state index is -0.696. The quantitative estimate of drug-likeness (QED) is 0.718. The Morgan fingerprint density at radius 1 is 1.19 bits per heavy atom. The zero-order valence-electron chi connectivity index (χ0n) is 15.6. The fraction of sp³-hybridized carbons (Fsp3) is 0.579. The van der Waals surface area contributed by atoms with Crippen LogP contribution in [0.15, 0.2) is 0 Å². The van der Waals surface area contributed by atoms with Crippen LogP contribution in [0.1, 0.15) is 35.2 Å². The number of fused-ring (bicyclic) bond motifs is 1. The average molecular weight is 371 g/mol. The zero-order chi connectivity index (χ0) is 19.4. The molecule has 8 heteroatoms. The molecule has 0 aromatic carbocycles. The second-order valence-corrected chi connectivity index (χ2v) is 6.93. The maximum Gasteiger partial charge on any atom is 0.312 e. The van der Waals surface area contributed by atoms with Gasteiger partial charge in [0.1, 0.15) is 11.9 Å². The second-order valence-electron chi connectivity index (χ2n) is 6.93. The molecule has 8 nitrogen and oxygen atoms in total. The number of carbonyl (C=O) groups excluding carboxylic acids is 2. The highest BCUT2D eigenvalue weighted by molar-refractivity contribution is 6.35. The van der Waals surface area contributed by atoms with Crippen molar-refractivity contribution in [1.29, 1.82) is 5.26 Å². The number of aliphatic hydroxyl groups is 1. The predicted molar refractivity (Wildman–Crippen MR) is 99.2 cm³/mol. The molecule has 1 aliphatic carbocycles. The molecule has 1 saturated heterocycles. The van der Waals surface area contributed by atoms with Crippen LogP contribution in [-0.4, -0.2) is 66.1 Å². The number of aryl methyl sites for hydroxylation is 1. The molecular formula is C19H25N5O3. The van der Waals surface area contributed by atoms with Gasteiger partial charge in [-0.1, -0.05) is 0 Å². The maximum atomic E-state index is 12.2. The van der Waals surface area contributed by atoms with Crippen LogP contribution in [0.5, 0.6) is 0 Å². The fourth-order valence-corrected chi connectivity index (χ4v) is 3.85. The molecule has 2 aliphatic rings. The van der Waals surface area contributed by atoms with E-state index in [0.717, 1.165) is 36.9 Å². The molecule has 0 bridgehead atoms. The molecule has 0 radical (unpaired) electrons. The molecule has 0 spiro atoms. The van der Waals surface area contributed by atoms with Gasteiger partial charge in [-0.05, 0) is 43.7 Å². The van der Waals surface area contributed by atoms with E-state index in [0.29, 0.717) is 37.6 Å². The number of carbonyl (C=O) groups is 2. The number of hydrogen-bond acceptors (Lipinski definition) is 6. The van der Waals surface area contributed by atoms with Gasteiger partial charge in [0.25, 0.3) is 0 Å². The van der Waals surface area contributed by atoms with Gasteiger partial charge in [0.2, 0.25) is 0 Å². The molecular weight excluding hydrogens is 346 g/mol. The van der Waals surface area contributed by atoms with Gasteiger partial charge in [-0.25, -0.2) is 4.98 Å². The van der Waals surface area contributed by atoms with Crippen molar-refractivity contribution in [1.82, 2.24) is 15.2 Å². The van der Waals surface area contributed by atoms with Crippen molar-refractivity contribution in [3.05, 3.63) is 22.4 Å². The van der Waals surface area contributed by atoms with Crippen molar-refractivity contribution in [3.63, 3.8) is 0 Å². The van der Waals surface area contributed by atoms with Crippen LogP contribution >= 0.6 is 0 Å². The molecule has 3 rings (SSSR count). The lowest BCUT2D eigenvalue weighted by molar-refractivity contribution is -0.146. The first-order chi connectivity index (χ1) is 13.1. The number of nitrogens with one attached hydrogen (secondary N) is 1. The molecule has 0 unspecified atom stereocenters. The predicted octanol–water partition coefficient (Wildman–Crippen LogP) is -0.102. The molecule has 2 N–H and O–H groups in total. The standard InChI is InChI=1S/C19H25N5O3/c1-13-14-4-2-3-5-15(14)16(12-20)17(22-13)23-7-9-24(10-8-23)19(27)18(26)21-6-11-25/h25H,2-11H2,1H3,(H,21,26). The zero-order valence-corrected chi connectivity index (χ0v) is 15.6. The van der Waals surface area contributed by atoms with Crippen molar-refractivity contribution in [2.24, 2.45) is 0 Å². The summed E-state index contributed by atoms with van der Waals surface area (Å²) in [5, 5.41) is 20.9. The monoisotopic (exact) mass is 371 g/mol. The summed E-state index contributed by atoms with van der Waals surface area (Å²) in [5.41, 5.74) is 4.00. The Bertz CT molecular complexity index is 779. The number of pyridine rings is 1. The van der Waals surface area contributed by atoms with Crippen LogP contribution < -0.4 is 10.2 Å². The molecule has 1 aromatic rings. The van der Waals surface area contributed by atoms with E-state index < -0.39 is 11.8 Å². The number of rotatable bonds is 3. The summed E-state index contributed by atoms with van der Waals surface area (Å²) >= 11 is 0. The summed E-state index contributed by atoms with van der Waals surface area (Å²) in [6.07, 6.45) is 4.13. The lowest BCUT2D eigenvalue weighted by Gasteiger charge is -2.36. The highest BCUT2D eigenvalue weighted by Crippen LogP contribution is 2.32. The Morgan fingerprint density at radius 2 is 1.85 bits per heavy atom. The van der Waals surface area contributed by atoms with Crippen molar-refractivity contribution in [2.75, 3.05) is 44.2 Å². The van der Waals surface area contributed by atoms with E-state index >= 15 is 0 Å². The van der Waals surface area contributed by atoms with Crippen LogP contribution in [-0.2, 0) is 22.4 Å². The Labute approximate surface area is 158 Å². The Morgan fingerprint density at radius 3 is 2.48 bits per heavy atom. The van der Waals surface area contributed by atoms with E-state index in [-0.39, 0.29) is 13.2 Å². The van der Waals surface area contributed by atoms with Gasteiger partial charge in [0.05, 0.1) is 12.2 Å². The lowest BCUT2D eigenvalue weighted by Crippen LogP contribution is -2.53. The van der Waals surface area contributed by atoms with Gasteiger partial charge in [-0.3, -0.25) is 9.59 Å². The number of aliphatic hydroxyl groups excluding tert-OH is 1. The third-order valence-corrected chi connectivity index (χ3v) is 5.27. The number of piperazine rings is 1. The third-order valence-electron chi connectivity index (χ3n) is 5.27. The summed E-state index contributed by atoms with van der Waals surface area (Å²) < 4.78 is 0. The van der Waals surface area contributed by atoms with Gasteiger partial charge in [-0.2, -0.15) is 5.26 Å². The van der Waals surface area contributed by atoms with Crippen molar-refractivity contribution >= 4 is 17.6 Å². The minimum Gasteiger partial charge on any atom is -0.395 e. The maximum absolute atomic E-state index is 12.2. The molecule has 0 saturated carbocycles. The third kappa shape index (κ3) is 3.88. The van der Waals surface area contributed by atoms with Crippen LogP contribution in [0.25, 0.3) is 0 Å². The number of nitriles is 1. The first-order valence-corrected chi connectivity index (χ1v) is 9.42. The minimum absolute atomic E-state index is 0.0639. The molecule has 1 aliphatic heterocycles. The molecule has 1 fully saturated rings. The SMILES string of the molecule is Cc1nc(N2CCN(C(=O)C(=O)NCCO)CC2)c(C#N)c2c1CCCC2. The largest absolute Gasteiger partial charge is 0.395 e. The molecule has 2 amide bonds. The van der Waals surface area contributed by atoms with E-state index in [1.807, 2.05) is 11.8 Å². The number of anilines is 1. The van der Waals surface area contributed by atoms with Crippen molar-refractivity contribution < 1.29 is 14.7 Å². The summed E-state index contributed by atoms with van der Waals surface area (Å²) in [4.78, 5) is 32.2. The molecule has 27 heavy (non-hydrogen) atoms. The Balaban J connectivity index is 1.73. The summed E-state index contributed by atoms with van der Waals surface area (Å²) in [6, 6.07) is 2.35. The van der Waals surface area contributed by atoms with Gasteiger partial charge in [-0.15, -0.1) is 0 Å². The Hall–Kier alpha value is -2.66. The topological polar surface area (TPSA) is 110 Å². The van der Waals surface area contributed by atoms with Gasteiger partial charge in [0, 0.05) is 38.4 Å². The summed E-state index contributed by atoms with van der Waals surface area (Å²) in [5.74, 6) is -0.580. The van der Waals surface area contributed by atoms with Gasteiger partial charge < -0.3 is 20.2 Å². The van der Waals surface area contributed by atoms with E-state index in [9.17, 15) is 14.9 Å². The number of aromatic nitrogens is 1. The Kier molecular flexibility index (Phi) is 5.91. The first-order valence-electron chi connectivity index (χ1n) is 9.42. The number of hydrogen-bond donors (Lipinski definition) is 2. The smallest absolute Gasteiger partial charge is 0.312 e. The van der Waals surface area contributed by atoms with E-state index in [2.05, 4.69) is 11.4 Å². The van der Waals surface area contributed by atoms with Gasteiger partial charge in [0.15, 0.2) is 0 Å². The lowest BCUT2D eigenvalue weighted by atomic mass is 9.88.